The number of aryl methyl sites for hydroxylation is 3. The molecular formula is C22H18F4N2O2. The molecule has 156 valence electrons. The highest BCUT2D eigenvalue weighted by Crippen LogP contribution is 2.38. The molecule has 3 rings (SSSR count). The average Bonchev–Trinajstić information content (AvgIpc) is 2.66. The minimum absolute atomic E-state index is 0.0580. The van der Waals surface area contributed by atoms with Crippen LogP contribution < -0.4 is 10.1 Å². The minimum atomic E-state index is -4.61. The Morgan fingerprint density at radius 2 is 1.63 bits per heavy atom. The van der Waals surface area contributed by atoms with E-state index in [1.807, 2.05) is 0 Å². The molecule has 3 aromatic rings. The first kappa shape index (κ1) is 21.3. The van der Waals surface area contributed by atoms with Crippen LogP contribution in [0.3, 0.4) is 0 Å². The van der Waals surface area contributed by atoms with Gasteiger partial charge in [0.05, 0.1) is 5.56 Å². The third-order valence-electron chi connectivity index (χ3n) is 4.42. The maximum Gasteiger partial charge on any atom is 0.421 e. The first-order valence-electron chi connectivity index (χ1n) is 8.95. The first-order valence-corrected chi connectivity index (χ1v) is 8.95. The predicted molar refractivity (Wildman–Crippen MR) is 104 cm³/mol. The summed E-state index contributed by atoms with van der Waals surface area (Å²) in [6.07, 6.45) is -3.89. The number of hydrogen-bond acceptors (Lipinski definition) is 3. The number of carbonyl (C=O) groups excluding carboxylic acids is 1. The summed E-state index contributed by atoms with van der Waals surface area (Å²) in [5, 5.41) is 2.58. The topological polar surface area (TPSA) is 51.2 Å². The lowest BCUT2D eigenvalue weighted by Gasteiger charge is -2.14. The van der Waals surface area contributed by atoms with Crippen molar-refractivity contribution in [1.29, 1.82) is 0 Å². The van der Waals surface area contributed by atoms with E-state index in [9.17, 15) is 22.4 Å². The molecule has 1 aromatic heterocycles. The molecule has 0 spiro atoms. The van der Waals surface area contributed by atoms with Gasteiger partial charge in [-0.1, -0.05) is 12.1 Å². The summed E-state index contributed by atoms with van der Waals surface area (Å²) in [5.74, 6) is -1.45. The number of ether oxygens (including phenoxy) is 1. The quantitative estimate of drug-likeness (QED) is 0.513. The molecule has 0 saturated carbocycles. The lowest BCUT2D eigenvalue weighted by molar-refractivity contribution is -0.138. The van der Waals surface area contributed by atoms with Crippen molar-refractivity contribution in [2.75, 3.05) is 5.32 Å². The Morgan fingerprint density at radius 1 is 1.00 bits per heavy atom. The lowest BCUT2D eigenvalue weighted by Crippen LogP contribution is -2.16. The summed E-state index contributed by atoms with van der Waals surface area (Å²) in [6, 6.07) is 10.2. The molecule has 8 heteroatoms. The van der Waals surface area contributed by atoms with Crippen molar-refractivity contribution in [3.63, 3.8) is 0 Å². The van der Waals surface area contributed by atoms with E-state index in [0.717, 1.165) is 6.20 Å². The number of nitrogens with one attached hydrogen (secondary N) is 1. The molecule has 4 nitrogen and oxygen atoms in total. The zero-order valence-corrected chi connectivity index (χ0v) is 16.4. The molecule has 0 atom stereocenters. The molecule has 1 amide bonds. The van der Waals surface area contributed by atoms with E-state index in [4.69, 9.17) is 4.74 Å². The standard InChI is InChI=1S/C22H18F4N2O2/c1-12-4-5-13(2)20(23)19(12)21(29)28-15-6-8-16(9-7-15)30-18-10-14(3)27-11-17(18)22(24,25)26/h4-11H,1-3H3,(H,28,29). The number of carbonyl (C=O) groups is 1. The normalized spacial score (nSPS) is 11.3. The second-order valence-electron chi connectivity index (χ2n) is 6.79. The number of halogens is 4. The van der Waals surface area contributed by atoms with Gasteiger partial charge in [-0.25, -0.2) is 4.39 Å². The Labute approximate surface area is 170 Å². The molecule has 1 N–H and O–H groups in total. The van der Waals surface area contributed by atoms with Gasteiger partial charge in [0.2, 0.25) is 0 Å². The number of rotatable bonds is 4. The summed E-state index contributed by atoms with van der Waals surface area (Å²) >= 11 is 0. The van der Waals surface area contributed by atoms with E-state index in [-0.39, 0.29) is 17.1 Å². The number of amides is 1. The maximum atomic E-state index is 14.3. The van der Waals surface area contributed by atoms with E-state index >= 15 is 0 Å². The van der Waals surface area contributed by atoms with Crippen LogP contribution in [0.1, 0.15) is 32.7 Å². The van der Waals surface area contributed by atoms with E-state index in [2.05, 4.69) is 10.3 Å². The third kappa shape index (κ3) is 4.59. The molecular weight excluding hydrogens is 400 g/mol. The monoisotopic (exact) mass is 418 g/mol. The fraction of sp³-hybridized carbons (Fsp3) is 0.182. The van der Waals surface area contributed by atoms with E-state index < -0.39 is 23.5 Å². The summed E-state index contributed by atoms with van der Waals surface area (Å²) in [6.45, 7) is 4.75. The van der Waals surface area contributed by atoms with Crippen molar-refractivity contribution in [3.8, 4) is 11.5 Å². The smallest absolute Gasteiger partial charge is 0.421 e. The molecule has 0 radical (unpaired) electrons. The largest absolute Gasteiger partial charge is 0.457 e. The Bertz CT molecular complexity index is 1090. The maximum absolute atomic E-state index is 14.3. The highest BCUT2D eigenvalue weighted by molar-refractivity contribution is 6.05. The number of pyridine rings is 1. The molecule has 0 aliphatic rings. The van der Waals surface area contributed by atoms with Gasteiger partial charge in [0.15, 0.2) is 0 Å². The first-order chi connectivity index (χ1) is 14.1. The molecule has 0 aliphatic heterocycles. The minimum Gasteiger partial charge on any atom is -0.457 e. The van der Waals surface area contributed by atoms with Crippen LogP contribution in [-0.4, -0.2) is 10.9 Å². The molecule has 30 heavy (non-hydrogen) atoms. The Hall–Kier alpha value is -3.42. The third-order valence-corrected chi connectivity index (χ3v) is 4.42. The Morgan fingerprint density at radius 3 is 2.27 bits per heavy atom. The van der Waals surface area contributed by atoms with E-state index in [0.29, 0.717) is 22.5 Å². The van der Waals surface area contributed by atoms with Crippen molar-refractivity contribution in [2.24, 2.45) is 0 Å². The van der Waals surface area contributed by atoms with E-state index in [1.54, 1.807) is 32.9 Å². The van der Waals surface area contributed by atoms with Gasteiger partial charge in [-0.15, -0.1) is 0 Å². The molecule has 1 heterocycles. The van der Waals surface area contributed by atoms with Crippen LogP contribution in [-0.2, 0) is 6.18 Å². The SMILES string of the molecule is Cc1cc(Oc2ccc(NC(=O)c3c(C)ccc(C)c3F)cc2)c(C(F)(F)F)cn1. The van der Waals surface area contributed by atoms with Crippen LogP contribution in [0.15, 0.2) is 48.7 Å². The van der Waals surface area contributed by atoms with Gasteiger partial charge in [0.1, 0.15) is 22.9 Å². The van der Waals surface area contributed by atoms with Gasteiger partial charge >= 0.3 is 6.18 Å². The molecule has 0 bridgehead atoms. The molecule has 0 unspecified atom stereocenters. The average molecular weight is 418 g/mol. The second kappa shape index (κ2) is 8.14. The Balaban J connectivity index is 1.79. The van der Waals surface area contributed by atoms with Crippen LogP contribution in [0.25, 0.3) is 0 Å². The number of anilines is 1. The summed E-state index contributed by atoms with van der Waals surface area (Å²) in [5.41, 5.74) is 0.506. The highest BCUT2D eigenvalue weighted by atomic mass is 19.4. The highest BCUT2D eigenvalue weighted by Gasteiger charge is 2.35. The number of hydrogen-bond donors (Lipinski definition) is 1. The molecule has 0 fully saturated rings. The van der Waals surface area contributed by atoms with Gasteiger partial charge in [0.25, 0.3) is 5.91 Å². The van der Waals surface area contributed by atoms with Crippen molar-refractivity contribution in [1.82, 2.24) is 4.98 Å². The number of aromatic nitrogens is 1. The summed E-state index contributed by atoms with van der Waals surface area (Å²) in [4.78, 5) is 16.1. The van der Waals surface area contributed by atoms with Gasteiger partial charge in [0, 0.05) is 23.6 Å². The van der Waals surface area contributed by atoms with Crippen molar-refractivity contribution in [2.45, 2.75) is 26.9 Å². The zero-order chi connectivity index (χ0) is 22.1. The lowest BCUT2D eigenvalue weighted by atomic mass is 10.0. The summed E-state index contributed by atoms with van der Waals surface area (Å²) in [7, 11) is 0. The van der Waals surface area contributed by atoms with Crippen molar-refractivity contribution in [3.05, 3.63) is 82.4 Å². The van der Waals surface area contributed by atoms with Gasteiger partial charge in [-0.3, -0.25) is 9.78 Å². The van der Waals surface area contributed by atoms with Crippen molar-refractivity contribution < 1.29 is 27.1 Å². The number of alkyl halides is 3. The zero-order valence-electron chi connectivity index (χ0n) is 16.4. The fourth-order valence-corrected chi connectivity index (χ4v) is 2.81. The number of benzene rings is 2. The molecule has 0 saturated heterocycles. The van der Waals surface area contributed by atoms with Crippen LogP contribution >= 0.6 is 0 Å². The summed E-state index contributed by atoms with van der Waals surface area (Å²) < 4.78 is 59.1. The van der Waals surface area contributed by atoms with E-state index in [1.165, 1.54) is 30.3 Å². The van der Waals surface area contributed by atoms with Crippen LogP contribution in [0.4, 0.5) is 23.2 Å². The van der Waals surface area contributed by atoms with Crippen molar-refractivity contribution >= 4 is 11.6 Å². The molecule has 0 aliphatic carbocycles. The van der Waals surface area contributed by atoms with Crippen LogP contribution in [0.2, 0.25) is 0 Å². The van der Waals surface area contributed by atoms with Gasteiger partial charge < -0.3 is 10.1 Å². The Kier molecular flexibility index (Phi) is 5.78. The van der Waals surface area contributed by atoms with Crippen LogP contribution in [0, 0.1) is 26.6 Å². The fourth-order valence-electron chi connectivity index (χ4n) is 2.81. The van der Waals surface area contributed by atoms with Gasteiger partial charge in [-0.2, -0.15) is 13.2 Å². The van der Waals surface area contributed by atoms with Crippen LogP contribution in [0.5, 0.6) is 11.5 Å². The number of nitrogens with zero attached hydrogens (tertiary/aromatic N) is 1. The molecule has 2 aromatic carbocycles. The predicted octanol–water partition coefficient (Wildman–Crippen LogP) is 6.21. The van der Waals surface area contributed by atoms with Gasteiger partial charge in [-0.05, 0) is 56.2 Å². The second-order valence-corrected chi connectivity index (χ2v) is 6.79.